The summed E-state index contributed by atoms with van der Waals surface area (Å²) in [6, 6.07) is 14.3. The van der Waals surface area contributed by atoms with Crippen LogP contribution in [0.3, 0.4) is 0 Å². The molecule has 0 saturated carbocycles. The molecular weight excluding hydrogens is 252 g/mol. The summed E-state index contributed by atoms with van der Waals surface area (Å²) >= 11 is 0. The van der Waals surface area contributed by atoms with Crippen LogP contribution in [0.4, 0.5) is 0 Å². The summed E-state index contributed by atoms with van der Waals surface area (Å²) in [5, 5.41) is 9.62. The molecule has 1 N–H and O–H groups in total. The Kier molecular flexibility index (Phi) is 4.77. The Balaban J connectivity index is 2.06. The average molecular weight is 270 g/mol. The molecule has 3 nitrogen and oxygen atoms in total. The fraction of sp³-hybridized carbons (Fsp3) is 0.235. The van der Waals surface area contributed by atoms with E-state index < -0.39 is 5.97 Å². The summed E-state index contributed by atoms with van der Waals surface area (Å²) in [5.41, 5.74) is 2.40. The number of carbonyl (C=O) groups is 1. The molecule has 0 saturated heterocycles. The smallest absolute Gasteiger partial charge is 0.342 e. The minimum Gasteiger partial charge on any atom is -0.507 e. The summed E-state index contributed by atoms with van der Waals surface area (Å²) in [7, 11) is 0. The van der Waals surface area contributed by atoms with Crippen LogP contribution in [0.5, 0.6) is 5.75 Å². The van der Waals surface area contributed by atoms with Gasteiger partial charge in [0.05, 0.1) is 0 Å². The second-order valence-corrected chi connectivity index (χ2v) is 4.61. The molecule has 0 aliphatic heterocycles. The maximum absolute atomic E-state index is 11.9. The third-order valence-corrected chi connectivity index (χ3v) is 3.12. The van der Waals surface area contributed by atoms with E-state index >= 15 is 0 Å². The summed E-state index contributed by atoms with van der Waals surface area (Å²) < 4.78 is 5.28. The molecule has 0 radical (unpaired) electrons. The molecule has 0 aromatic heterocycles. The number of benzene rings is 2. The number of hydrogen-bond acceptors (Lipinski definition) is 3. The zero-order valence-corrected chi connectivity index (χ0v) is 11.5. The largest absolute Gasteiger partial charge is 0.507 e. The number of esters is 1. The quantitative estimate of drug-likeness (QED) is 0.843. The van der Waals surface area contributed by atoms with Crippen LogP contribution in [0.15, 0.2) is 48.5 Å². The molecule has 0 aliphatic rings. The molecule has 104 valence electrons. The minimum atomic E-state index is -0.505. The number of rotatable bonds is 5. The molecule has 3 heteroatoms. The first-order valence-electron chi connectivity index (χ1n) is 6.74. The van der Waals surface area contributed by atoms with Crippen molar-refractivity contribution in [2.24, 2.45) is 0 Å². The highest BCUT2D eigenvalue weighted by atomic mass is 16.5. The molecule has 0 spiro atoms. The third-order valence-electron chi connectivity index (χ3n) is 3.12. The SMILES string of the molecule is CCCc1ccccc1COC(=O)c1ccccc1O. The van der Waals surface area contributed by atoms with Gasteiger partial charge in [0.2, 0.25) is 0 Å². The molecule has 0 atom stereocenters. The van der Waals surface area contributed by atoms with Crippen molar-refractivity contribution in [3.63, 3.8) is 0 Å². The Labute approximate surface area is 118 Å². The first-order valence-corrected chi connectivity index (χ1v) is 6.74. The normalized spacial score (nSPS) is 10.2. The van der Waals surface area contributed by atoms with Gasteiger partial charge in [0.15, 0.2) is 0 Å². The van der Waals surface area contributed by atoms with E-state index in [-0.39, 0.29) is 17.9 Å². The van der Waals surface area contributed by atoms with Gasteiger partial charge in [-0.05, 0) is 29.7 Å². The van der Waals surface area contributed by atoms with E-state index in [4.69, 9.17) is 4.74 Å². The van der Waals surface area contributed by atoms with E-state index in [0.717, 1.165) is 18.4 Å². The number of carbonyl (C=O) groups excluding carboxylic acids is 1. The van der Waals surface area contributed by atoms with Crippen LogP contribution in [0.2, 0.25) is 0 Å². The predicted octanol–water partition coefficient (Wildman–Crippen LogP) is 3.70. The third kappa shape index (κ3) is 3.38. The number of phenolic OH excluding ortho intramolecular Hbond substituents is 1. The molecule has 0 aliphatic carbocycles. The van der Waals surface area contributed by atoms with Crippen molar-refractivity contribution in [3.8, 4) is 5.75 Å². The number of hydrogen-bond donors (Lipinski definition) is 1. The molecular formula is C17H18O3. The lowest BCUT2D eigenvalue weighted by Crippen LogP contribution is -2.06. The average Bonchev–Trinajstić information content (AvgIpc) is 2.47. The van der Waals surface area contributed by atoms with Gasteiger partial charge in [0, 0.05) is 0 Å². The number of aryl methyl sites for hydroxylation is 1. The predicted molar refractivity (Wildman–Crippen MR) is 77.7 cm³/mol. The van der Waals surface area contributed by atoms with Gasteiger partial charge in [-0.2, -0.15) is 0 Å². The number of ether oxygens (including phenoxy) is 1. The van der Waals surface area contributed by atoms with E-state index in [1.54, 1.807) is 18.2 Å². The van der Waals surface area contributed by atoms with Gasteiger partial charge < -0.3 is 9.84 Å². The zero-order chi connectivity index (χ0) is 14.4. The van der Waals surface area contributed by atoms with Crippen molar-refractivity contribution in [2.45, 2.75) is 26.4 Å². The topological polar surface area (TPSA) is 46.5 Å². The summed E-state index contributed by atoms with van der Waals surface area (Å²) in [6.07, 6.45) is 2.01. The maximum atomic E-state index is 11.9. The molecule has 0 fully saturated rings. The summed E-state index contributed by atoms with van der Waals surface area (Å²) in [5.74, 6) is -0.561. The Morgan fingerprint density at radius 3 is 2.40 bits per heavy atom. The second kappa shape index (κ2) is 6.75. The minimum absolute atomic E-state index is 0.0562. The first kappa shape index (κ1) is 14.1. The van der Waals surface area contributed by atoms with Gasteiger partial charge in [-0.25, -0.2) is 4.79 Å². The van der Waals surface area contributed by atoms with Gasteiger partial charge >= 0.3 is 5.97 Å². The van der Waals surface area contributed by atoms with E-state index in [2.05, 4.69) is 6.92 Å². The maximum Gasteiger partial charge on any atom is 0.342 e. The van der Waals surface area contributed by atoms with Crippen LogP contribution >= 0.6 is 0 Å². The van der Waals surface area contributed by atoms with E-state index in [9.17, 15) is 9.90 Å². The second-order valence-electron chi connectivity index (χ2n) is 4.61. The molecule has 0 bridgehead atoms. The van der Waals surface area contributed by atoms with Crippen LogP contribution in [-0.2, 0) is 17.8 Å². The highest BCUT2D eigenvalue weighted by Crippen LogP contribution is 2.18. The molecule has 0 heterocycles. The fourth-order valence-electron chi connectivity index (χ4n) is 2.08. The summed E-state index contributed by atoms with van der Waals surface area (Å²) in [6.45, 7) is 2.34. The zero-order valence-electron chi connectivity index (χ0n) is 11.5. The van der Waals surface area contributed by atoms with Crippen LogP contribution < -0.4 is 0 Å². The highest BCUT2D eigenvalue weighted by molar-refractivity contribution is 5.92. The standard InChI is InChI=1S/C17H18O3/c1-2-7-13-8-3-4-9-14(13)12-20-17(19)15-10-5-6-11-16(15)18/h3-6,8-11,18H,2,7,12H2,1H3. The lowest BCUT2D eigenvalue weighted by molar-refractivity contribution is 0.0468. The number of phenols is 1. The molecule has 0 unspecified atom stereocenters. The number of aromatic hydroxyl groups is 1. The van der Waals surface area contributed by atoms with E-state index in [1.807, 2.05) is 24.3 Å². The monoisotopic (exact) mass is 270 g/mol. The van der Waals surface area contributed by atoms with E-state index in [1.165, 1.54) is 11.6 Å². The van der Waals surface area contributed by atoms with Crippen molar-refractivity contribution in [2.75, 3.05) is 0 Å². The molecule has 2 rings (SSSR count). The van der Waals surface area contributed by atoms with Gasteiger partial charge in [0.1, 0.15) is 17.9 Å². The molecule has 0 amide bonds. The van der Waals surface area contributed by atoms with E-state index in [0.29, 0.717) is 0 Å². The Bertz CT molecular complexity index is 590. The Morgan fingerprint density at radius 2 is 1.70 bits per heavy atom. The van der Waals surface area contributed by atoms with Crippen molar-refractivity contribution < 1.29 is 14.6 Å². The van der Waals surface area contributed by atoms with Crippen LogP contribution in [0, 0.1) is 0 Å². The van der Waals surface area contributed by atoms with Gasteiger partial charge in [-0.15, -0.1) is 0 Å². The lowest BCUT2D eigenvalue weighted by Gasteiger charge is -2.10. The van der Waals surface area contributed by atoms with Crippen LogP contribution in [0.25, 0.3) is 0 Å². The van der Waals surface area contributed by atoms with Crippen molar-refractivity contribution in [1.82, 2.24) is 0 Å². The van der Waals surface area contributed by atoms with Crippen LogP contribution in [-0.4, -0.2) is 11.1 Å². The van der Waals surface area contributed by atoms with Gasteiger partial charge in [-0.1, -0.05) is 49.7 Å². The van der Waals surface area contributed by atoms with Crippen molar-refractivity contribution in [3.05, 3.63) is 65.2 Å². The summed E-state index contributed by atoms with van der Waals surface area (Å²) in [4.78, 5) is 11.9. The van der Waals surface area contributed by atoms with Crippen molar-refractivity contribution >= 4 is 5.97 Å². The molecule has 2 aromatic rings. The van der Waals surface area contributed by atoms with Crippen LogP contribution in [0.1, 0.15) is 34.8 Å². The van der Waals surface area contributed by atoms with Crippen molar-refractivity contribution in [1.29, 1.82) is 0 Å². The first-order chi connectivity index (χ1) is 9.72. The van der Waals surface area contributed by atoms with Gasteiger partial charge in [-0.3, -0.25) is 0 Å². The molecule has 2 aromatic carbocycles. The molecule has 20 heavy (non-hydrogen) atoms. The highest BCUT2D eigenvalue weighted by Gasteiger charge is 2.12. The fourth-order valence-corrected chi connectivity index (χ4v) is 2.08. The number of para-hydroxylation sites is 1. The van der Waals surface area contributed by atoms with Gasteiger partial charge in [0.25, 0.3) is 0 Å². The Morgan fingerprint density at radius 1 is 1.05 bits per heavy atom. The lowest BCUT2D eigenvalue weighted by atomic mass is 10.0. The Hall–Kier alpha value is -2.29.